The first kappa shape index (κ1) is 14.8. The minimum absolute atomic E-state index is 0.0683. The van der Waals surface area contributed by atoms with E-state index in [9.17, 15) is 19.5 Å². The number of hydrogen-bond donors (Lipinski definition) is 1. The average molecular weight is 256 g/mol. The zero-order valence-electron chi connectivity index (χ0n) is 10.7. The van der Waals surface area contributed by atoms with Crippen LogP contribution in [0.15, 0.2) is 0 Å². The highest BCUT2D eigenvalue weighted by atomic mass is 16.5. The maximum absolute atomic E-state index is 11.6. The molecule has 0 amide bonds. The molecule has 0 saturated heterocycles. The molecule has 18 heavy (non-hydrogen) atoms. The number of ether oxygens (including phenoxy) is 1. The Morgan fingerprint density at radius 1 is 1.22 bits per heavy atom. The topological polar surface area (TPSA) is 80.7 Å². The van der Waals surface area contributed by atoms with E-state index in [1.54, 1.807) is 6.92 Å². The number of aliphatic hydroxyl groups excluding tert-OH is 1. The quantitative estimate of drug-likeness (QED) is 0.436. The fraction of sp³-hybridized carbons (Fsp3) is 0.769. The number of hydrogen-bond acceptors (Lipinski definition) is 5. The standard InChI is InChI=1S/C13H20O5/c1-2-18-13(17)12(16)8-10(14)7-9-5-3-4-6-11(9)15/h9,11,15H,2-8H2,1H3. The van der Waals surface area contributed by atoms with Gasteiger partial charge in [-0.1, -0.05) is 12.8 Å². The van der Waals surface area contributed by atoms with Gasteiger partial charge in [0.1, 0.15) is 5.78 Å². The first-order valence-corrected chi connectivity index (χ1v) is 6.44. The van der Waals surface area contributed by atoms with Crippen molar-refractivity contribution in [1.82, 2.24) is 0 Å². The molecular formula is C13H20O5. The van der Waals surface area contributed by atoms with E-state index in [1.165, 1.54) is 0 Å². The first-order chi connectivity index (χ1) is 8.54. The third kappa shape index (κ3) is 4.56. The molecule has 0 aromatic rings. The lowest BCUT2D eigenvalue weighted by molar-refractivity contribution is -0.154. The number of ketones is 2. The minimum Gasteiger partial charge on any atom is -0.460 e. The Bertz CT molecular complexity index is 323. The summed E-state index contributed by atoms with van der Waals surface area (Å²) in [7, 11) is 0. The van der Waals surface area contributed by atoms with Crippen LogP contribution in [-0.2, 0) is 19.1 Å². The summed E-state index contributed by atoms with van der Waals surface area (Å²) in [5.41, 5.74) is 0. The lowest BCUT2D eigenvalue weighted by Crippen LogP contribution is -2.28. The van der Waals surface area contributed by atoms with Gasteiger partial charge >= 0.3 is 5.97 Å². The molecule has 1 aliphatic carbocycles. The fourth-order valence-corrected chi connectivity index (χ4v) is 2.25. The van der Waals surface area contributed by atoms with Crippen molar-refractivity contribution in [2.75, 3.05) is 6.61 Å². The third-order valence-corrected chi connectivity index (χ3v) is 3.22. The van der Waals surface area contributed by atoms with E-state index >= 15 is 0 Å². The van der Waals surface area contributed by atoms with Gasteiger partial charge in [0.15, 0.2) is 0 Å². The average Bonchev–Trinajstić information content (AvgIpc) is 2.32. The monoisotopic (exact) mass is 256 g/mol. The van der Waals surface area contributed by atoms with Crippen LogP contribution < -0.4 is 0 Å². The molecule has 0 bridgehead atoms. The number of rotatable bonds is 6. The van der Waals surface area contributed by atoms with E-state index in [4.69, 9.17) is 0 Å². The zero-order valence-corrected chi connectivity index (χ0v) is 10.7. The highest BCUT2D eigenvalue weighted by molar-refractivity contribution is 6.37. The molecule has 0 spiro atoms. The van der Waals surface area contributed by atoms with Crippen molar-refractivity contribution < 1.29 is 24.2 Å². The Morgan fingerprint density at radius 2 is 1.89 bits per heavy atom. The number of esters is 1. The molecule has 0 radical (unpaired) electrons. The summed E-state index contributed by atoms with van der Waals surface area (Å²) in [5.74, 6) is -2.11. The van der Waals surface area contributed by atoms with Crippen LogP contribution in [0.3, 0.4) is 0 Å². The third-order valence-electron chi connectivity index (χ3n) is 3.22. The molecule has 0 aromatic carbocycles. The lowest BCUT2D eigenvalue weighted by Gasteiger charge is -2.26. The molecule has 0 aromatic heterocycles. The van der Waals surface area contributed by atoms with Crippen LogP contribution in [0.4, 0.5) is 0 Å². The van der Waals surface area contributed by atoms with Crippen molar-refractivity contribution in [3.8, 4) is 0 Å². The number of aliphatic hydroxyl groups is 1. The van der Waals surface area contributed by atoms with Gasteiger partial charge in [-0.05, 0) is 25.7 Å². The van der Waals surface area contributed by atoms with Crippen LogP contribution in [0.25, 0.3) is 0 Å². The smallest absolute Gasteiger partial charge is 0.375 e. The zero-order chi connectivity index (χ0) is 13.5. The SMILES string of the molecule is CCOC(=O)C(=O)CC(=O)CC1CCCCC1O. The maximum Gasteiger partial charge on any atom is 0.375 e. The molecular weight excluding hydrogens is 236 g/mol. The van der Waals surface area contributed by atoms with Gasteiger partial charge < -0.3 is 9.84 Å². The molecule has 0 aliphatic heterocycles. The molecule has 0 heterocycles. The summed E-state index contributed by atoms with van der Waals surface area (Å²) in [6, 6.07) is 0. The normalized spacial score (nSPS) is 23.4. The van der Waals surface area contributed by atoms with Gasteiger partial charge in [0, 0.05) is 6.42 Å². The van der Waals surface area contributed by atoms with Crippen LogP contribution in [0.2, 0.25) is 0 Å². The predicted octanol–water partition coefficient (Wildman–Crippen LogP) is 1.02. The Balaban J connectivity index is 2.36. The van der Waals surface area contributed by atoms with Crippen molar-refractivity contribution >= 4 is 17.5 Å². The van der Waals surface area contributed by atoms with E-state index in [2.05, 4.69) is 4.74 Å². The Kier molecular flexibility index (Phi) is 5.98. The first-order valence-electron chi connectivity index (χ1n) is 6.44. The summed E-state index contributed by atoms with van der Waals surface area (Å²) in [5, 5.41) is 9.72. The predicted molar refractivity (Wildman–Crippen MR) is 63.8 cm³/mol. The molecule has 1 N–H and O–H groups in total. The largest absolute Gasteiger partial charge is 0.460 e. The second kappa shape index (κ2) is 7.26. The van der Waals surface area contributed by atoms with E-state index in [0.29, 0.717) is 6.42 Å². The van der Waals surface area contributed by atoms with Crippen molar-refractivity contribution in [3.05, 3.63) is 0 Å². The van der Waals surface area contributed by atoms with Crippen molar-refractivity contribution in [2.45, 2.75) is 51.6 Å². The highest BCUT2D eigenvalue weighted by Crippen LogP contribution is 2.27. The molecule has 5 heteroatoms. The molecule has 102 valence electrons. The van der Waals surface area contributed by atoms with Gasteiger partial charge in [0.05, 0.1) is 19.1 Å². The number of Topliss-reactive ketones (excluding diaryl/α,β-unsaturated/α-hetero) is 2. The van der Waals surface area contributed by atoms with Gasteiger partial charge in [-0.2, -0.15) is 0 Å². The van der Waals surface area contributed by atoms with Gasteiger partial charge in [0.2, 0.25) is 5.78 Å². The number of carbonyl (C=O) groups excluding carboxylic acids is 3. The van der Waals surface area contributed by atoms with E-state index in [1.807, 2.05) is 0 Å². The molecule has 1 fully saturated rings. The van der Waals surface area contributed by atoms with Crippen molar-refractivity contribution in [1.29, 1.82) is 0 Å². The summed E-state index contributed by atoms with van der Waals surface area (Å²) in [6.07, 6.45) is 2.80. The summed E-state index contributed by atoms with van der Waals surface area (Å²) < 4.78 is 4.53. The molecule has 1 aliphatic rings. The van der Waals surface area contributed by atoms with Gasteiger partial charge in [-0.15, -0.1) is 0 Å². The maximum atomic E-state index is 11.6. The van der Waals surface area contributed by atoms with Crippen LogP contribution in [0.1, 0.15) is 45.4 Å². The van der Waals surface area contributed by atoms with E-state index in [-0.39, 0.29) is 24.7 Å². The summed E-state index contributed by atoms with van der Waals surface area (Å²) in [4.78, 5) is 34.0. The molecule has 2 atom stereocenters. The van der Waals surface area contributed by atoms with Crippen molar-refractivity contribution in [2.24, 2.45) is 5.92 Å². The second-order valence-electron chi connectivity index (χ2n) is 4.68. The van der Waals surface area contributed by atoms with E-state index < -0.39 is 24.3 Å². The lowest BCUT2D eigenvalue weighted by atomic mass is 9.83. The fourth-order valence-electron chi connectivity index (χ4n) is 2.25. The van der Waals surface area contributed by atoms with Crippen LogP contribution >= 0.6 is 0 Å². The minimum atomic E-state index is -0.949. The number of carbonyl (C=O) groups is 3. The van der Waals surface area contributed by atoms with Crippen LogP contribution in [-0.4, -0.2) is 35.4 Å². The molecule has 2 unspecified atom stereocenters. The van der Waals surface area contributed by atoms with Gasteiger partial charge in [0.25, 0.3) is 0 Å². The summed E-state index contributed by atoms with van der Waals surface area (Å²) >= 11 is 0. The van der Waals surface area contributed by atoms with Gasteiger partial charge in [-0.3, -0.25) is 9.59 Å². The highest BCUT2D eigenvalue weighted by Gasteiger charge is 2.27. The molecule has 1 saturated carbocycles. The molecule has 1 rings (SSSR count). The molecule has 5 nitrogen and oxygen atoms in total. The van der Waals surface area contributed by atoms with Crippen molar-refractivity contribution in [3.63, 3.8) is 0 Å². The Hall–Kier alpha value is -1.23. The van der Waals surface area contributed by atoms with Gasteiger partial charge in [-0.25, -0.2) is 4.79 Å². The second-order valence-corrected chi connectivity index (χ2v) is 4.68. The van der Waals surface area contributed by atoms with E-state index in [0.717, 1.165) is 19.3 Å². The van der Waals surface area contributed by atoms with Crippen LogP contribution in [0, 0.1) is 5.92 Å². The van der Waals surface area contributed by atoms with Crippen LogP contribution in [0.5, 0.6) is 0 Å². The Labute approximate surface area is 107 Å². The Morgan fingerprint density at radius 3 is 2.50 bits per heavy atom. The summed E-state index contributed by atoms with van der Waals surface area (Å²) in [6.45, 7) is 1.73.